The molecule has 0 spiro atoms. The fraction of sp³-hybridized carbons (Fsp3) is 0.545. The van der Waals surface area contributed by atoms with Crippen molar-refractivity contribution in [3.63, 3.8) is 0 Å². The van der Waals surface area contributed by atoms with Gasteiger partial charge in [-0.15, -0.1) is 0 Å². The van der Waals surface area contributed by atoms with Crippen LogP contribution >= 0.6 is 0 Å². The number of rotatable bonds is 9. The molecular weight excluding hydrogens is 354 g/mol. The molecule has 0 fully saturated rings. The van der Waals surface area contributed by atoms with Gasteiger partial charge in [-0.1, -0.05) is 32.4 Å². The molecule has 0 saturated carbocycles. The average Bonchev–Trinajstić information content (AvgIpc) is 2.67. The van der Waals surface area contributed by atoms with Crippen LogP contribution in [0.3, 0.4) is 0 Å². The molecule has 28 heavy (non-hydrogen) atoms. The lowest BCUT2D eigenvalue weighted by Crippen LogP contribution is -2.45. The molecule has 6 nitrogen and oxygen atoms in total. The molecule has 1 heterocycles. The van der Waals surface area contributed by atoms with E-state index in [4.69, 9.17) is 4.74 Å². The Balaban J connectivity index is 2.23. The van der Waals surface area contributed by atoms with Gasteiger partial charge in [-0.3, -0.25) is 0 Å². The largest absolute Gasteiger partial charge is 0.462 e. The minimum Gasteiger partial charge on any atom is -0.462 e. The third kappa shape index (κ3) is 5.27. The molecule has 0 saturated heterocycles. The number of allylic oxidation sites excluding steroid dienone is 1. The van der Waals surface area contributed by atoms with E-state index in [0.29, 0.717) is 23.8 Å². The van der Waals surface area contributed by atoms with Crippen LogP contribution in [-0.4, -0.2) is 31.7 Å². The van der Waals surface area contributed by atoms with E-state index >= 15 is 0 Å². The number of esters is 1. The van der Waals surface area contributed by atoms with Gasteiger partial charge in [0.15, 0.2) is 0 Å². The maximum absolute atomic E-state index is 12.8. The molecule has 2 amide bonds. The molecule has 2 atom stereocenters. The van der Waals surface area contributed by atoms with Crippen LogP contribution in [-0.2, 0) is 9.53 Å². The van der Waals surface area contributed by atoms with Gasteiger partial charge >= 0.3 is 12.0 Å². The summed E-state index contributed by atoms with van der Waals surface area (Å²) in [6.07, 6.45) is 2.07. The Bertz CT molecular complexity index is 708. The van der Waals surface area contributed by atoms with E-state index in [1.54, 1.807) is 6.92 Å². The highest BCUT2D eigenvalue weighted by Gasteiger charge is 2.32. The number of hydrogen-bond donors (Lipinski definition) is 2. The van der Waals surface area contributed by atoms with Gasteiger partial charge in [0.05, 0.1) is 18.2 Å². The highest BCUT2D eigenvalue weighted by Crippen LogP contribution is 2.29. The predicted octanol–water partition coefficient (Wildman–Crippen LogP) is 4.14. The number of ether oxygens (including phenoxy) is 1. The summed E-state index contributed by atoms with van der Waals surface area (Å²) in [5, 5.41) is 5.55. The summed E-state index contributed by atoms with van der Waals surface area (Å²) in [6.45, 7) is 12.4. The van der Waals surface area contributed by atoms with Crippen LogP contribution in [0.15, 0.2) is 35.5 Å². The third-order valence-corrected chi connectivity index (χ3v) is 5.12. The zero-order valence-electron chi connectivity index (χ0n) is 17.7. The monoisotopic (exact) mass is 387 g/mol. The number of benzene rings is 1. The molecule has 1 aliphatic rings. The smallest absolute Gasteiger partial charge is 0.338 e. The highest BCUT2D eigenvalue weighted by atomic mass is 16.5. The maximum Gasteiger partial charge on any atom is 0.338 e. The lowest BCUT2D eigenvalue weighted by molar-refractivity contribution is -0.140. The Labute approximate surface area is 168 Å². The molecule has 0 aromatic heterocycles. The summed E-state index contributed by atoms with van der Waals surface area (Å²) in [7, 11) is 0. The highest BCUT2D eigenvalue weighted by molar-refractivity contribution is 5.95. The van der Waals surface area contributed by atoms with Crippen LogP contribution in [0.5, 0.6) is 0 Å². The van der Waals surface area contributed by atoms with E-state index in [1.165, 1.54) is 0 Å². The first-order chi connectivity index (χ1) is 13.4. The van der Waals surface area contributed by atoms with Crippen molar-refractivity contribution in [2.45, 2.75) is 53.5 Å². The van der Waals surface area contributed by atoms with Crippen molar-refractivity contribution in [1.82, 2.24) is 10.6 Å². The predicted molar refractivity (Wildman–Crippen MR) is 112 cm³/mol. The van der Waals surface area contributed by atoms with Gasteiger partial charge in [-0.05, 0) is 50.8 Å². The van der Waals surface area contributed by atoms with Crippen molar-refractivity contribution < 1.29 is 14.3 Å². The molecule has 0 bridgehead atoms. The van der Waals surface area contributed by atoms with Crippen molar-refractivity contribution in [2.75, 3.05) is 24.6 Å². The Morgan fingerprint density at radius 1 is 1.18 bits per heavy atom. The number of anilines is 1. The maximum atomic E-state index is 12.8. The molecule has 2 unspecified atom stereocenters. The van der Waals surface area contributed by atoms with E-state index in [1.807, 2.05) is 24.3 Å². The summed E-state index contributed by atoms with van der Waals surface area (Å²) in [5.41, 5.74) is 2.97. The number of carbonyl (C=O) groups excluding carboxylic acids is 2. The third-order valence-electron chi connectivity index (χ3n) is 5.12. The van der Waals surface area contributed by atoms with Crippen molar-refractivity contribution in [2.24, 2.45) is 5.92 Å². The van der Waals surface area contributed by atoms with E-state index in [2.05, 4.69) is 43.2 Å². The van der Waals surface area contributed by atoms with Gasteiger partial charge in [0, 0.05) is 24.5 Å². The first-order valence-electron chi connectivity index (χ1n) is 10.2. The van der Waals surface area contributed by atoms with Crippen LogP contribution in [0, 0.1) is 5.92 Å². The molecule has 1 aromatic rings. The fourth-order valence-corrected chi connectivity index (χ4v) is 3.55. The van der Waals surface area contributed by atoms with Gasteiger partial charge < -0.3 is 20.3 Å². The van der Waals surface area contributed by atoms with Crippen molar-refractivity contribution in [3.8, 4) is 0 Å². The van der Waals surface area contributed by atoms with Crippen molar-refractivity contribution >= 4 is 17.7 Å². The quantitative estimate of drug-likeness (QED) is 0.625. The second kappa shape index (κ2) is 10.2. The second-order valence-corrected chi connectivity index (χ2v) is 7.33. The lowest BCUT2D eigenvalue weighted by Gasteiger charge is -2.29. The Morgan fingerprint density at radius 2 is 1.82 bits per heavy atom. The summed E-state index contributed by atoms with van der Waals surface area (Å²) < 4.78 is 5.55. The summed E-state index contributed by atoms with van der Waals surface area (Å²) in [6, 6.07) is 7.14. The molecular formula is C22H33N3O3. The lowest BCUT2D eigenvalue weighted by atomic mass is 9.95. The molecule has 0 radical (unpaired) electrons. The van der Waals surface area contributed by atoms with Crippen LogP contribution in [0.25, 0.3) is 0 Å². The topological polar surface area (TPSA) is 70.7 Å². The summed E-state index contributed by atoms with van der Waals surface area (Å²) >= 11 is 0. The van der Waals surface area contributed by atoms with Crippen LogP contribution in [0.1, 0.15) is 59.1 Å². The van der Waals surface area contributed by atoms with E-state index in [9.17, 15) is 9.59 Å². The van der Waals surface area contributed by atoms with Gasteiger partial charge in [0.1, 0.15) is 0 Å². The molecule has 0 aliphatic carbocycles. The molecule has 154 valence electrons. The number of nitrogens with one attached hydrogen (secondary N) is 2. The van der Waals surface area contributed by atoms with Gasteiger partial charge in [0.2, 0.25) is 0 Å². The number of hydrogen-bond acceptors (Lipinski definition) is 4. The SMILES string of the molecule is CCCC(C)COC(=O)C1=C(C)NC(=O)NC1c1ccc(N(CC)CC)cc1. The molecule has 1 aromatic carbocycles. The van der Waals surface area contributed by atoms with Crippen LogP contribution in [0.2, 0.25) is 0 Å². The number of carbonyl (C=O) groups is 2. The molecule has 1 aliphatic heterocycles. The van der Waals surface area contributed by atoms with E-state index in [-0.39, 0.29) is 12.0 Å². The van der Waals surface area contributed by atoms with Crippen LogP contribution < -0.4 is 15.5 Å². The Kier molecular flexibility index (Phi) is 7.91. The second-order valence-electron chi connectivity index (χ2n) is 7.33. The normalized spacial score (nSPS) is 17.6. The van der Waals surface area contributed by atoms with Gasteiger partial charge in [-0.2, -0.15) is 0 Å². The Morgan fingerprint density at radius 3 is 2.39 bits per heavy atom. The van der Waals surface area contributed by atoms with E-state index in [0.717, 1.165) is 37.2 Å². The van der Waals surface area contributed by atoms with Crippen LogP contribution in [0.4, 0.5) is 10.5 Å². The van der Waals surface area contributed by atoms with Crippen molar-refractivity contribution in [1.29, 1.82) is 0 Å². The first-order valence-corrected chi connectivity index (χ1v) is 10.2. The summed E-state index contributed by atoms with van der Waals surface area (Å²) in [5.74, 6) is -0.0708. The summed E-state index contributed by atoms with van der Waals surface area (Å²) in [4.78, 5) is 27.1. The average molecular weight is 388 g/mol. The number of urea groups is 1. The minimum absolute atomic E-state index is 0.313. The minimum atomic E-state index is -0.520. The molecule has 6 heteroatoms. The van der Waals surface area contributed by atoms with E-state index < -0.39 is 6.04 Å². The Hall–Kier alpha value is -2.50. The van der Waals surface area contributed by atoms with Gasteiger partial charge in [-0.25, -0.2) is 9.59 Å². The molecule has 2 N–H and O–H groups in total. The van der Waals surface area contributed by atoms with Gasteiger partial charge in [0.25, 0.3) is 0 Å². The standard InChI is InChI=1S/C22H33N3O3/c1-6-9-15(4)14-28-21(26)19-16(5)23-22(27)24-20(19)17-10-12-18(13-11-17)25(7-2)8-3/h10-13,15,20H,6-9,14H2,1-5H3,(H2,23,24,27). The molecule has 2 rings (SSSR count). The first kappa shape index (κ1) is 21.8. The number of nitrogens with zero attached hydrogens (tertiary/aromatic N) is 1. The fourth-order valence-electron chi connectivity index (χ4n) is 3.55. The van der Waals surface area contributed by atoms with Crippen molar-refractivity contribution in [3.05, 3.63) is 41.1 Å². The number of amides is 2. The zero-order chi connectivity index (χ0) is 20.7. The zero-order valence-corrected chi connectivity index (χ0v) is 17.7.